The summed E-state index contributed by atoms with van der Waals surface area (Å²) in [5.74, 6) is -0.895. The van der Waals surface area contributed by atoms with Gasteiger partial charge in [-0.05, 0) is 0 Å². The molecule has 78 valence electrons. The second-order valence-electron chi connectivity index (χ2n) is 2.58. The predicted octanol–water partition coefficient (Wildman–Crippen LogP) is 2.93. The minimum Gasteiger partial charge on any atom is -0.294 e. The number of hydrogen-bond acceptors (Lipinski definition) is 1. The minimum absolute atomic E-state index is 0. The summed E-state index contributed by atoms with van der Waals surface area (Å²) >= 11 is 0. The van der Waals surface area contributed by atoms with Crippen LogP contribution in [0.25, 0.3) is 0 Å². The first-order valence-electron chi connectivity index (χ1n) is 3.64. The molecule has 0 saturated carbocycles. The molecule has 0 bridgehead atoms. The molecule has 0 atom stereocenters. The molecule has 14 heavy (non-hydrogen) atoms. The van der Waals surface area contributed by atoms with Crippen LogP contribution in [-0.4, -0.2) is 12.0 Å². The quantitative estimate of drug-likeness (QED) is 0.703. The number of ketones is 1. The van der Waals surface area contributed by atoms with E-state index in [-0.39, 0.29) is 19.1 Å². The highest BCUT2D eigenvalue weighted by molar-refractivity contribution is 7.59. The lowest BCUT2D eigenvalue weighted by Gasteiger charge is -2.04. The van der Waals surface area contributed by atoms with Crippen LogP contribution < -0.4 is 0 Å². The molecule has 1 aromatic rings. The normalized spacial score (nSPS) is 10.5. The van der Waals surface area contributed by atoms with Crippen molar-refractivity contribution < 1.29 is 18.0 Å². The van der Waals surface area contributed by atoms with Crippen molar-refractivity contribution in [3.63, 3.8) is 0 Å². The molecule has 0 aliphatic carbocycles. The summed E-state index contributed by atoms with van der Waals surface area (Å²) in [5, 5.41) is 0. The number of hydrogen-bond donors (Lipinski definition) is 0. The average Bonchev–Trinajstić information content (AvgIpc) is 2.03. The summed E-state index contributed by atoms with van der Waals surface area (Å²) in [6, 6.07) is 7.44. The second kappa shape index (κ2) is 5.05. The summed E-state index contributed by atoms with van der Waals surface area (Å²) in [4.78, 5) is 10.9. The Hall–Kier alpha value is -0.970. The molecular weight excluding hydrogens is 213 g/mol. The van der Waals surface area contributed by atoms with Gasteiger partial charge in [0.1, 0.15) is 6.42 Å². The molecule has 0 N–H and O–H groups in total. The lowest BCUT2D eigenvalue weighted by atomic mass is 10.1. The van der Waals surface area contributed by atoms with Crippen molar-refractivity contribution >= 4 is 19.3 Å². The fourth-order valence-corrected chi connectivity index (χ4v) is 0.908. The molecular formula is C9H9F3OS. The van der Waals surface area contributed by atoms with E-state index in [1.54, 1.807) is 6.07 Å². The Kier molecular flexibility index (Phi) is 4.70. The third kappa shape index (κ3) is 4.32. The molecule has 1 nitrogen and oxygen atoms in total. The fraction of sp³-hybridized carbons (Fsp3) is 0.222. The van der Waals surface area contributed by atoms with Gasteiger partial charge in [0.05, 0.1) is 0 Å². The van der Waals surface area contributed by atoms with Gasteiger partial charge in [-0.2, -0.15) is 26.7 Å². The lowest BCUT2D eigenvalue weighted by Crippen LogP contribution is -2.14. The highest BCUT2D eigenvalue weighted by atomic mass is 32.1. The van der Waals surface area contributed by atoms with E-state index < -0.39 is 18.4 Å². The van der Waals surface area contributed by atoms with Crippen LogP contribution >= 0.6 is 13.5 Å². The summed E-state index contributed by atoms with van der Waals surface area (Å²) < 4.78 is 35.3. The Morgan fingerprint density at radius 1 is 1.14 bits per heavy atom. The van der Waals surface area contributed by atoms with Crippen LogP contribution in [0.4, 0.5) is 13.2 Å². The van der Waals surface area contributed by atoms with E-state index >= 15 is 0 Å². The predicted molar refractivity (Wildman–Crippen MR) is 51.8 cm³/mol. The first-order chi connectivity index (χ1) is 5.99. The molecule has 0 heterocycles. The highest BCUT2D eigenvalue weighted by Gasteiger charge is 2.31. The third-order valence-corrected chi connectivity index (χ3v) is 1.46. The number of halogens is 3. The zero-order valence-electron chi connectivity index (χ0n) is 7.14. The molecule has 5 heteroatoms. The van der Waals surface area contributed by atoms with Crippen LogP contribution in [0.15, 0.2) is 30.3 Å². The van der Waals surface area contributed by atoms with Crippen molar-refractivity contribution in [2.45, 2.75) is 12.6 Å². The smallest absolute Gasteiger partial charge is 0.294 e. The zero-order chi connectivity index (χ0) is 9.90. The SMILES string of the molecule is O=C(CC(F)(F)F)c1ccccc1.S. The molecule has 0 amide bonds. The van der Waals surface area contributed by atoms with E-state index in [4.69, 9.17) is 0 Å². The van der Waals surface area contributed by atoms with E-state index in [2.05, 4.69) is 0 Å². The highest BCUT2D eigenvalue weighted by Crippen LogP contribution is 2.21. The van der Waals surface area contributed by atoms with Crippen LogP contribution in [0, 0.1) is 0 Å². The Labute approximate surface area is 86.4 Å². The maximum absolute atomic E-state index is 11.8. The van der Waals surface area contributed by atoms with Crippen molar-refractivity contribution in [1.82, 2.24) is 0 Å². The van der Waals surface area contributed by atoms with Gasteiger partial charge in [0.15, 0.2) is 5.78 Å². The molecule has 0 unspecified atom stereocenters. The number of alkyl halides is 3. The monoisotopic (exact) mass is 222 g/mol. The first-order valence-corrected chi connectivity index (χ1v) is 3.64. The first kappa shape index (κ1) is 13.0. The van der Waals surface area contributed by atoms with E-state index in [1.807, 2.05) is 0 Å². The summed E-state index contributed by atoms with van der Waals surface area (Å²) in [5.41, 5.74) is 0.0971. The van der Waals surface area contributed by atoms with Gasteiger partial charge in [-0.3, -0.25) is 4.79 Å². The average molecular weight is 222 g/mol. The number of carbonyl (C=O) groups is 1. The maximum Gasteiger partial charge on any atom is 0.396 e. The van der Waals surface area contributed by atoms with Crippen molar-refractivity contribution in [1.29, 1.82) is 0 Å². The maximum atomic E-state index is 11.8. The van der Waals surface area contributed by atoms with E-state index in [1.165, 1.54) is 24.3 Å². The Bertz CT molecular complexity index is 295. The van der Waals surface area contributed by atoms with Crippen LogP contribution in [0.2, 0.25) is 0 Å². The van der Waals surface area contributed by atoms with Gasteiger partial charge in [-0.1, -0.05) is 30.3 Å². The zero-order valence-corrected chi connectivity index (χ0v) is 8.14. The molecule has 0 aliphatic rings. The number of Topliss-reactive ketones (excluding diaryl/α,β-unsaturated/α-hetero) is 1. The topological polar surface area (TPSA) is 17.1 Å². The number of carbonyl (C=O) groups excluding carboxylic acids is 1. The third-order valence-electron chi connectivity index (χ3n) is 1.46. The van der Waals surface area contributed by atoms with Crippen molar-refractivity contribution in [2.75, 3.05) is 0 Å². The molecule has 0 aliphatic heterocycles. The summed E-state index contributed by atoms with van der Waals surface area (Å²) in [6.45, 7) is 0. The summed E-state index contributed by atoms with van der Waals surface area (Å²) in [6.07, 6.45) is -5.82. The van der Waals surface area contributed by atoms with Crippen molar-refractivity contribution in [3.8, 4) is 0 Å². The fourth-order valence-electron chi connectivity index (χ4n) is 0.908. The summed E-state index contributed by atoms with van der Waals surface area (Å²) in [7, 11) is 0. The molecule has 1 rings (SSSR count). The van der Waals surface area contributed by atoms with Gasteiger partial charge in [0.25, 0.3) is 0 Å². The Morgan fingerprint density at radius 2 is 1.64 bits per heavy atom. The van der Waals surface area contributed by atoms with Gasteiger partial charge in [-0.25, -0.2) is 0 Å². The van der Waals surface area contributed by atoms with E-state index in [9.17, 15) is 18.0 Å². The molecule has 0 fully saturated rings. The van der Waals surface area contributed by atoms with Crippen LogP contribution in [0.3, 0.4) is 0 Å². The van der Waals surface area contributed by atoms with E-state index in [0.29, 0.717) is 0 Å². The van der Waals surface area contributed by atoms with Gasteiger partial charge < -0.3 is 0 Å². The van der Waals surface area contributed by atoms with Gasteiger partial charge in [0, 0.05) is 5.56 Å². The van der Waals surface area contributed by atoms with Crippen LogP contribution in [-0.2, 0) is 0 Å². The van der Waals surface area contributed by atoms with E-state index in [0.717, 1.165) is 0 Å². The molecule has 1 aromatic carbocycles. The van der Waals surface area contributed by atoms with Gasteiger partial charge >= 0.3 is 6.18 Å². The number of benzene rings is 1. The van der Waals surface area contributed by atoms with Crippen LogP contribution in [0.5, 0.6) is 0 Å². The minimum atomic E-state index is -4.42. The van der Waals surface area contributed by atoms with Crippen molar-refractivity contribution in [2.24, 2.45) is 0 Å². The second-order valence-corrected chi connectivity index (χ2v) is 2.58. The van der Waals surface area contributed by atoms with Crippen LogP contribution in [0.1, 0.15) is 16.8 Å². The molecule has 0 spiro atoms. The standard InChI is InChI=1S/C9H7F3O.H2S/c10-9(11,12)6-8(13)7-4-2-1-3-5-7;/h1-5H,6H2;1H2. The van der Waals surface area contributed by atoms with Gasteiger partial charge in [0.2, 0.25) is 0 Å². The largest absolute Gasteiger partial charge is 0.396 e. The molecule has 0 radical (unpaired) electrons. The molecule has 0 saturated heterocycles. The Morgan fingerprint density at radius 3 is 2.07 bits per heavy atom. The lowest BCUT2D eigenvalue weighted by molar-refractivity contribution is -0.125. The van der Waals surface area contributed by atoms with Crippen molar-refractivity contribution in [3.05, 3.63) is 35.9 Å². The Balaban J connectivity index is 0.00000169. The van der Waals surface area contributed by atoms with Gasteiger partial charge in [-0.15, -0.1) is 0 Å². The molecule has 0 aromatic heterocycles. The number of rotatable bonds is 2.